The van der Waals surface area contributed by atoms with Crippen LogP contribution in [0.2, 0.25) is 0 Å². The van der Waals surface area contributed by atoms with Crippen molar-refractivity contribution in [3.63, 3.8) is 0 Å². The van der Waals surface area contributed by atoms with Crippen molar-refractivity contribution in [1.82, 2.24) is 0 Å². The number of alkyl halides is 3. The van der Waals surface area contributed by atoms with Crippen molar-refractivity contribution in [2.24, 2.45) is 0 Å². The number of ether oxygens (including phenoxy) is 1. The third-order valence-corrected chi connectivity index (χ3v) is 7.42. The van der Waals surface area contributed by atoms with Gasteiger partial charge in [0.25, 0.3) is 5.91 Å². The predicted molar refractivity (Wildman–Crippen MR) is 158 cm³/mol. The molecule has 0 radical (unpaired) electrons. The van der Waals surface area contributed by atoms with E-state index in [4.69, 9.17) is 4.74 Å². The van der Waals surface area contributed by atoms with E-state index in [0.717, 1.165) is 49.4 Å². The fourth-order valence-electron chi connectivity index (χ4n) is 5.26. The lowest BCUT2D eigenvalue weighted by Gasteiger charge is -2.38. The monoisotopic (exact) mass is 573 g/mol. The molecular formula is C33H30F3N3O3. The van der Waals surface area contributed by atoms with E-state index in [0.29, 0.717) is 22.4 Å². The molecule has 1 heterocycles. The number of nitrogens with zero attached hydrogens (tertiary/aromatic N) is 2. The number of hydrogen-bond acceptors (Lipinski definition) is 4. The maximum absolute atomic E-state index is 13.2. The highest BCUT2D eigenvalue weighted by atomic mass is 19.4. The first kappa shape index (κ1) is 28.7. The Hall–Kier alpha value is -4.79. The molecule has 1 saturated heterocycles. The van der Waals surface area contributed by atoms with E-state index in [2.05, 4.69) is 10.2 Å². The Kier molecular flexibility index (Phi) is 8.47. The highest BCUT2D eigenvalue weighted by molar-refractivity contribution is 6.08. The van der Waals surface area contributed by atoms with Crippen LogP contribution in [0.3, 0.4) is 0 Å². The van der Waals surface area contributed by atoms with Gasteiger partial charge in [0.1, 0.15) is 0 Å². The van der Waals surface area contributed by atoms with Gasteiger partial charge in [0, 0.05) is 41.8 Å². The number of anilines is 3. The van der Waals surface area contributed by atoms with Gasteiger partial charge >= 0.3 is 12.3 Å². The molecule has 0 aromatic heterocycles. The smallest absolute Gasteiger partial charge is 0.416 e. The van der Waals surface area contributed by atoms with Gasteiger partial charge in [0.05, 0.1) is 12.7 Å². The lowest BCUT2D eigenvalue weighted by atomic mass is 9.98. The Morgan fingerprint density at radius 3 is 2.07 bits per heavy atom. The van der Waals surface area contributed by atoms with E-state index in [1.165, 1.54) is 19.2 Å². The summed E-state index contributed by atoms with van der Waals surface area (Å²) in [5.74, 6) is -0.358. The third-order valence-electron chi connectivity index (χ3n) is 7.42. The average molecular weight is 574 g/mol. The molecule has 0 bridgehead atoms. The molecule has 42 heavy (non-hydrogen) atoms. The number of carbonyl (C=O) groups excluding carboxylic acids is 2. The lowest BCUT2D eigenvalue weighted by molar-refractivity contribution is -0.137. The molecule has 6 nitrogen and oxygen atoms in total. The number of benzene rings is 4. The number of nitrogens with one attached hydrogen (secondary N) is 1. The summed E-state index contributed by atoms with van der Waals surface area (Å²) in [6, 6.07) is 28.6. The number of methoxy groups -OCH3 is 1. The maximum Gasteiger partial charge on any atom is 0.416 e. The Morgan fingerprint density at radius 1 is 0.833 bits per heavy atom. The summed E-state index contributed by atoms with van der Waals surface area (Å²) in [5, 5.41) is 2.90. The van der Waals surface area contributed by atoms with Crippen LogP contribution in [0.15, 0.2) is 103 Å². The Labute approximate surface area is 242 Å². The van der Waals surface area contributed by atoms with Crippen molar-refractivity contribution in [2.75, 3.05) is 35.3 Å². The van der Waals surface area contributed by atoms with Crippen LogP contribution in [0.4, 0.5) is 35.0 Å². The number of piperidine rings is 1. The van der Waals surface area contributed by atoms with E-state index in [1.54, 1.807) is 29.2 Å². The minimum atomic E-state index is -4.43. The van der Waals surface area contributed by atoms with Gasteiger partial charge in [-0.05, 0) is 78.6 Å². The summed E-state index contributed by atoms with van der Waals surface area (Å²) < 4.78 is 44.0. The zero-order valence-electron chi connectivity index (χ0n) is 23.0. The second kappa shape index (κ2) is 12.4. The highest BCUT2D eigenvalue weighted by Crippen LogP contribution is 2.32. The molecule has 0 atom stereocenters. The zero-order valence-corrected chi connectivity index (χ0v) is 23.0. The first-order valence-electron chi connectivity index (χ1n) is 13.6. The molecule has 216 valence electrons. The van der Waals surface area contributed by atoms with Crippen molar-refractivity contribution >= 4 is 29.1 Å². The van der Waals surface area contributed by atoms with Crippen LogP contribution in [0.25, 0.3) is 11.1 Å². The molecule has 1 fully saturated rings. The van der Waals surface area contributed by atoms with Crippen LogP contribution in [0, 0.1) is 0 Å². The molecule has 0 aliphatic carbocycles. The molecule has 0 spiro atoms. The number of rotatable bonds is 6. The molecule has 4 aromatic carbocycles. The van der Waals surface area contributed by atoms with E-state index < -0.39 is 11.7 Å². The highest BCUT2D eigenvalue weighted by Gasteiger charge is 2.31. The van der Waals surface area contributed by atoms with Crippen molar-refractivity contribution in [3.05, 3.63) is 114 Å². The second-order valence-corrected chi connectivity index (χ2v) is 10.0. The molecule has 1 N–H and O–H groups in total. The number of amides is 2. The van der Waals surface area contributed by atoms with Gasteiger partial charge in [-0.1, -0.05) is 48.5 Å². The Balaban J connectivity index is 1.23. The summed E-state index contributed by atoms with van der Waals surface area (Å²) in [4.78, 5) is 29.7. The largest absolute Gasteiger partial charge is 0.452 e. The minimum absolute atomic E-state index is 0.0133. The standard InChI is InChI=1S/C33H30F3N3O3/c1-42-32(41)39(27-7-3-2-4-8-27)28-19-21-38(22-20-28)26-17-15-25(16-18-26)37-31(40)30-10-6-5-9-29(30)23-11-13-24(14-12-23)33(34,35)36/h2-18,28H,19-22H2,1H3,(H,37,40). The lowest BCUT2D eigenvalue weighted by Crippen LogP contribution is -2.47. The fraction of sp³-hybridized carbons (Fsp3) is 0.212. The van der Waals surface area contributed by atoms with Crippen LogP contribution in [0.1, 0.15) is 28.8 Å². The topological polar surface area (TPSA) is 61.9 Å². The number of hydrogen-bond donors (Lipinski definition) is 1. The van der Waals surface area contributed by atoms with Crippen molar-refractivity contribution in [3.8, 4) is 11.1 Å². The normalized spacial score (nSPS) is 13.9. The van der Waals surface area contributed by atoms with Crippen LogP contribution in [-0.2, 0) is 10.9 Å². The van der Waals surface area contributed by atoms with E-state index in [1.807, 2.05) is 54.6 Å². The van der Waals surface area contributed by atoms with Crippen molar-refractivity contribution in [1.29, 1.82) is 0 Å². The van der Waals surface area contributed by atoms with Crippen LogP contribution in [0.5, 0.6) is 0 Å². The fourth-order valence-corrected chi connectivity index (χ4v) is 5.26. The predicted octanol–water partition coefficient (Wildman–Crippen LogP) is 7.87. The molecule has 5 rings (SSSR count). The molecular weight excluding hydrogens is 543 g/mol. The van der Waals surface area contributed by atoms with Crippen LogP contribution >= 0.6 is 0 Å². The van der Waals surface area contributed by atoms with Gasteiger partial charge in [-0.3, -0.25) is 9.69 Å². The summed E-state index contributed by atoms with van der Waals surface area (Å²) in [7, 11) is 1.39. The Bertz CT molecular complexity index is 1520. The average Bonchev–Trinajstić information content (AvgIpc) is 3.02. The van der Waals surface area contributed by atoms with Gasteiger partial charge in [-0.25, -0.2) is 4.79 Å². The van der Waals surface area contributed by atoms with E-state index in [-0.39, 0.29) is 18.0 Å². The molecule has 9 heteroatoms. The third kappa shape index (κ3) is 6.40. The van der Waals surface area contributed by atoms with Gasteiger partial charge < -0.3 is 15.0 Å². The molecule has 1 aliphatic rings. The van der Waals surface area contributed by atoms with Gasteiger partial charge in [0.2, 0.25) is 0 Å². The number of carbonyl (C=O) groups is 2. The number of halogens is 3. The number of para-hydroxylation sites is 1. The summed E-state index contributed by atoms with van der Waals surface area (Å²) in [6.07, 6.45) is -3.27. The maximum atomic E-state index is 13.2. The van der Waals surface area contributed by atoms with Gasteiger partial charge in [-0.15, -0.1) is 0 Å². The van der Waals surface area contributed by atoms with Crippen LogP contribution < -0.4 is 15.1 Å². The summed E-state index contributed by atoms with van der Waals surface area (Å²) >= 11 is 0. The minimum Gasteiger partial charge on any atom is -0.452 e. The molecule has 4 aromatic rings. The Morgan fingerprint density at radius 2 is 1.45 bits per heavy atom. The van der Waals surface area contributed by atoms with Gasteiger partial charge in [0.15, 0.2) is 0 Å². The SMILES string of the molecule is COC(=O)N(c1ccccc1)C1CCN(c2ccc(NC(=O)c3ccccc3-c3ccc(C(F)(F)F)cc3)cc2)CC1. The van der Waals surface area contributed by atoms with Crippen molar-refractivity contribution in [2.45, 2.75) is 25.1 Å². The quantitative estimate of drug-likeness (QED) is 0.255. The first-order chi connectivity index (χ1) is 20.2. The molecule has 0 unspecified atom stereocenters. The summed E-state index contributed by atoms with van der Waals surface area (Å²) in [6.45, 7) is 1.49. The molecule has 0 saturated carbocycles. The van der Waals surface area contributed by atoms with Gasteiger partial charge in [-0.2, -0.15) is 13.2 Å². The van der Waals surface area contributed by atoms with Crippen molar-refractivity contribution < 1.29 is 27.5 Å². The first-order valence-corrected chi connectivity index (χ1v) is 13.6. The molecule has 2 amide bonds. The van der Waals surface area contributed by atoms with Crippen LogP contribution in [-0.4, -0.2) is 38.2 Å². The van der Waals surface area contributed by atoms with E-state index >= 15 is 0 Å². The summed E-state index contributed by atoms with van der Waals surface area (Å²) in [5.41, 5.74) is 3.09. The second-order valence-electron chi connectivity index (χ2n) is 10.0. The molecule has 1 aliphatic heterocycles. The van der Waals surface area contributed by atoms with E-state index in [9.17, 15) is 22.8 Å². The zero-order chi connectivity index (χ0) is 29.7.